The zero-order chi connectivity index (χ0) is 17.3. The molecule has 2 aromatic heterocycles. The molecule has 1 aliphatic rings. The highest BCUT2D eigenvalue weighted by Gasteiger charge is 2.31. The maximum atomic E-state index is 12.3. The van der Waals surface area contributed by atoms with Crippen molar-refractivity contribution >= 4 is 33.2 Å². The van der Waals surface area contributed by atoms with E-state index in [1.807, 2.05) is 6.07 Å². The summed E-state index contributed by atoms with van der Waals surface area (Å²) in [6.07, 6.45) is 1.94. The van der Waals surface area contributed by atoms with Gasteiger partial charge in [0.05, 0.1) is 29.3 Å². The normalized spacial score (nSPS) is 18.9. The number of carbonyl (C=O) groups excluding carboxylic acids is 1. The molecule has 1 saturated heterocycles. The van der Waals surface area contributed by atoms with E-state index in [9.17, 15) is 13.2 Å². The molecule has 1 aliphatic heterocycles. The second kappa shape index (κ2) is 6.22. The fourth-order valence-corrected chi connectivity index (χ4v) is 4.39. The van der Waals surface area contributed by atoms with Crippen molar-refractivity contribution in [2.75, 3.05) is 16.8 Å². The van der Waals surface area contributed by atoms with Crippen molar-refractivity contribution in [3.63, 3.8) is 0 Å². The summed E-state index contributed by atoms with van der Waals surface area (Å²) in [5.74, 6) is -0.0377. The number of amides is 1. The number of hydrogen-bond acceptors (Lipinski definition) is 6. The Morgan fingerprint density at radius 2 is 2.21 bits per heavy atom. The van der Waals surface area contributed by atoms with Gasteiger partial charge in [-0.1, -0.05) is 11.6 Å². The molecule has 24 heavy (non-hydrogen) atoms. The van der Waals surface area contributed by atoms with Crippen LogP contribution in [0.2, 0.25) is 5.15 Å². The van der Waals surface area contributed by atoms with Gasteiger partial charge in [-0.05, 0) is 18.6 Å². The topological polar surface area (TPSA) is 118 Å². The molecule has 0 aromatic carbocycles. The van der Waals surface area contributed by atoms with Crippen LogP contribution in [-0.2, 0) is 9.84 Å². The van der Waals surface area contributed by atoms with Gasteiger partial charge in [0.1, 0.15) is 22.7 Å². The van der Waals surface area contributed by atoms with Gasteiger partial charge < -0.3 is 5.32 Å². The smallest absolute Gasteiger partial charge is 0.275 e. The number of nitriles is 1. The SMILES string of the molecule is N#Cc1ccc(C(=O)Nc2ccnn2[C@@H]2CCS(=O)(=O)C2)nc1Cl. The molecule has 2 aromatic rings. The van der Waals surface area contributed by atoms with Gasteiger partial charge in [-0.25, -0.2) is 18.1 Å². The second-order valence-electron chi connectivity index (χ2n) is 5.32. The molecule has 3 rings (SSSR count). The van der Waals surface area contributed by atoms with Crippen LogP contribution < -0.4 is 5.32 Å². The standard InChI is InChI=1S/C14H12ClN5O3S/c15-13-9(7-16)1-2-11(18-13)14(21)19-12-3-5-17-20(12)10-4-6-24(22,23)8-10/h1-3,5,10H,4,6,8H2,(H,19,21)/t10-/m1/s1. The molecule has 8 nitrogen and oxygen atoms in total. The lowest BCUT2D eigenvalue weighted by Crippen LogP contribution is -2.20. The lowest BCUT2D eigenvalue weighted by atomic mass is 10.2. The van der Waals surface area contributed by atoms with E-state index in [-0.39, 0.29) is 34.0 Å². The molecule has 1 amide bonds. The van der Waals surface area contributed by atoms with Crippen LogP contribution in [0.15, 0.2) is 24.4 Å². The van der Waals surface area contributed by atoms with Gasteiger partial charge in [-0.3, -0.25) is 4.79 Å². The molecule has 1 fully saturated rings. The first-order valence-corrected chi connectivity index (χ1v) is 9.21. The summed E-state index contributed by atoms with van der Waals surface area (Å²) in [6, 6.07) is 5.93. The fourth-order valence-electron chi connectivity index (χ4n) is 2.50. The first-order valence-electron chi connectivity index (χ1n) is 7.01. The summed E-state index contributed by atoms with van der Waals surface area (Å²) < 4.78 is 24.7. The minimum Gasteiger partial charge on any atom is -0.305 e. The number of nitrogens with one attached hydrogen (secondary N) is 1. The third-order valence-corrected chi connectivity index (χ3v) is 5.71. The van der Waals surface area contributed by atoms with Gasteiger partial charge in [-0.2, -0.15) is 10.4 Å². The van der Waals surface area contributed by atoms with E-state index in [4.69, 9.17) is 16.9 Å². The van der Waals surface area contributed by atoms with E-state index in [0.717, 1.165) is 0 Å². The van der Waals surface area contributed by atoms with Crippen LogP contribution in [0.4, 0.5) is 5.82 Å². The molecular weight excluding hydrogens is 354 g/mol. The number of halogens is 1. The van der Waals surface area contributed by atoms with Crippen molar-refractivity contribution in [3.05, 3.63) is 40.8 Å². The Morgan fingerprint density at radius 1 is 1.42 bits per heavy atom. The Hall–Kier alpha value is -2.44. The number of pyridine rings is 1. The molecule has 0 bridgehead atoms. The maximum Gasteiger partial charge on any atom is 0.275 e. The largest absolute Gasteiger partial charge is 0.305 e. The number of aromatic nitrogens is 3. The molecule has 1 atom stereocenters. The molecule has 0 radical (unpaired) electrons. The van der Waals surface area contributed by atoms with Gasteiger partial charge in [0, 0.05) is 6.07 Å². The Kier molecular flexibility index (Phi) is 4.26. The van der Waals surface area contributed by atoms with Gasteiger partial charge in [0.15, 0.2) is 9.84 Å². The first kappa shape index (κ1) is 16.4. The highest BCUT2D eigenvalue weighted by atomic mass is 35.5. The Bertz CT molecular complexity index is 948. The maximum absolute atomic E-state index is 12.3. The molecule has 0 unspecified atom stereocenters. The van der Waals surface area contributed by atoms with E-state index in [2.05, 4.69) is 15.4 Å². The Balaban J connectivity index is 1.80. The highest BCUT2D eigenvalue weighted by Crippen LogP contribution is 2.26. The van der Waals surface area contributed by atoms with Crippen molar-refractivity contribution in [1.29, 1.82) is 5.26 Å². The summed E-state index contributed by atoms with van der Waals surface area (Å²) in [5, 5.41) is 15.5. The van der Waals surface area contributed by atoms with E-state index < -0.39 is 15.7 Å². The summed E-state index contributed by atoms with van der Waals surface area (Å²) in [7, 11) is -3.07. The zero-order valence-electron chi connectivity index (χ0n) is 12.3. The van der Waals surface area contributed by atoms with Crippen molar-refractivity contribution < 1.29 is 13.2 Å². The minimum atomic E-state index is -3.07. The molecule has 0 aliphatic carbocycles. The third-order valence-electron chi connectivity index (χ3n) is 3.67. The number of carbonyl (C=O) groups is 1. The van der Waals surface area contributed by atoms with Crippen LogP contribution in [0.25, 0.3) is 0 Å². The molecule has 0 spiro atoms. The Labute approximate surface area is 143 Å². The summed E-state index contributed by atoms with van der Waals surface area (Å²) in [4.78, 5) is 16.2. The molecule has 0 saturated carbocycles. The van der Waals surface area contributed by atoms with Gasteiger partial charge in [-0.15, -0.1) is 0 Å². The number of sulfone groups is 1. The summed E-state index contributed by atoms with van der Waals surface area (Å²) in [6.45, 7) is 0. The van der Waals surface area contributed by atoms with Crippen LogP contribution in [0.1, 0.15) is 28.5 Å². The second-order valence-corrected chi connectivity index (χ2v) is 7.91. The molecular formula is C14H12ClN5O3S. The van der Waals surface area contributed by atoms with Crippen LogP contribution >= 0.6 is 11.6 Å². The predicted octanol–water partition coefficient (Wildman–Crippen LogP) is 1.42. The summed E-state index contributed by atoms with van der Waals surface area (Å²) in [5.41, 5.74) is 0.222. The van der Waals surface area contributed by atoms with Crippen LogP contribution in [0, 0.1) is 11.3 Å². The van der Waals surface area contributed by atoms with E-state index in [1.165, 1.54) is 23.0 Å². The lowest BCUT2D eigenvalue weighted by molar-refractivity contribution is 0.102. The number of nitrogens with zero attached hydrogens (tertiary/aromatic N) is 4. The van der Waals surface area contributed by atoms with Crippen LogP contribution in [0.3, 0.4) is 0 Å². The van der Waals surface area contributed by atoms with Gasteiger partial charge in [0.25, 0.3) is 5.91 Å². The quantitative estimate of drug-likeness (QED) is 0.822. The van der Waals surface area contributed by atoms with E-state index in [1.54, 1.807) is 6.07 Å². The number of hydrogen-bond donors (Lipinski definition) is 1. The van der Waals surface area contributed by atoms with Crippen molar-refractivity contribution in [2.45, 2.75) is 12.5 Å². The van der Waals surface area contributed by atoms with Crippen molar-refractivity contribution in [2.24, 2.45) is 0 Å². The molecule has 1 N–H and O–H groups in total. The van der Waals surface area contributed by atoms with E-state index >= 15 is 0 Å². The van der Waals surface area contributed by atoms with Crippen LogP contribution in [0.5, 0.6) is 0 Å². The first-order chi connectivity index (χ1) is 11.4. The average molecular weight is 366 g/mol. The minimum absolute atomic E-state index is 0.00149. The predicted molar refractivity (Wildman–Crippen MR) is 86.5 cm³/mol. The number of rotatable bonds is 3. The third kappa shape index (κ3) is 3.25. The monoisotopic (exact) mass is 365 g/mol. The molecule has 10 heteroatoms. The molecule has 124 valence electrons. The summed E-state index contributed by atoms with van der Waals surface area (Å²) >= 11 is 5.82. The lowest BCUT2D eigenvalue weighted by Gasteiger charge is -2.13. The van der Waals surface area contributed by atoms with Gasteiger partial charge in [0.2, 0.25) is 0 Å². The fraction of sp³-hybridized carbons (Fsp3) is 0.286. The van der Waals surface area contributed by atoms with E-state index in [0.29, 0.717) is 12.2 Å². The van der Waals surface area contributed by atoms with Crippen molar-refractivity contribution in [3.8, 4) is 6.07 Å². The zero-order valence-corrected chi connectivity index (χ0v) is 13.9. The Morgan fingerprint density at radius 3 is 2.83 bits per heavy atom. The number of anilines is 1. The molecule has 3 heterocycles. The van der Waals surface area contributed by atoms with Gasteiger partial charge >= 0.3 is 0 Å². The van der Waals surface area contributed by atoms with Crippen LogP contribution in [-0.4, -0.2) is 40.6 Å². The van der Waals surface area contributed by atoms with Crippen molar-refractivity contribution in [1.82, 2.24) is 14.8 Å². The average Bonchev–Trinajstić information content (AvgIpc) is 3.13. The highest BCUT2D eigenvalue weighted by molar-refractivity contribution is 7.91.